The molecule has 1 heterocycles. The molecular weight excluding hydrogens is 482 g/mol. The maximum Gasteiger partial charge on any atom is 0.282 e. The van der Waals surface area contributed by atoms with Gasteiger partial charge in [-0.15, -0.1) is 0 Å². The van der Waals surface area contributed by atoms with Crippen LogP contribution < -0.4 is 15.0 Å². The standard InChI is InChI=1S/C23H25BrClN3O3/c1-6-14(4)31-21-18(25)9-15(10-20(21)30-5)12-26-28-22(13(2)3)27-19-8-7-16(24)11-17(19)23(28)29/h7-14H,6H2,1-5H3/t14-/m0/s1. The van der Waals surface area contributed by atoms with Crippen molar-refractivity contribution in [3.63, 3.8) is 0 Å². The van der Waals surface area contributed by atoms with Crippen LogP contribution in [0.25, 0.3) is 10.9 Å². The van der Waals surface area contributed by atoms with Crippen LogP contribution in [0.15, 0.2) is 44.7 Å². The summed E-state index contributed by atoms with van der Waals surface area (Å²) in [6.45, 7) is 7.95. The second-order valence-electron chi connectivity index (χ2n) is 7.52. The van der Waals surface area contributed by atoms with Crippen LogP contribution in [0.3, 0.4) is 0 Å². The van der Waals surface area contributed by atoms with Crippen LogP contribution in [0.1, 0.15) is 51.4 Å². The smallest absolute Gasteiger partial charge is 0.282 e. The third-order valence-corrected chi connectivity index (χ3v) is 5.59. The van der Waals surface area contributed by atoms with E-state index in [9.17, 15) is 4.79 Å². The lowest BCUT2D eigenvalue weighted by Gasteiger charge is -2.17. The van der Waals surface area contributed by atoms with E-state index in [2.05, 4.69) is 26.0 Å². The first-order chi connectivity index (χ1) is 14.7. The molecule has 0 fully saturated rings. The molecule has 1 atom stereocenters. The Kier molecular flexibility index (Phi) is 7.38. The van der Waals surface area contributed by atoms with Gasteiger partial charge in [-0.25, -0.2) is 4.98 Å². The Hall–Kier alpha value is -2.38. The van der Waals surface area contributed by atoms with Crippen molar-refractivity contribution in [3.8, 4) is 11.5 Å². The van der Waals surface area contributed by atoms with Gasteiger partial charge in [0.1, 0.15) is 5.82 Å². The highest BCUT2D eigenvalue weighted by Crippen LogP contribution is 2.37. The summed E-state index contributed by atoms with van der Waals surface area (Å²) in [4.78, 5) is 17.8. The van der Waals surface area contributed by atoms with Gasteiger partial charge in [0.15, 0.2) is 11.5 Å². The molecule has 8 heteroatoms. The first-order valence-corrected chi connectivity index (χ1v) is 11.2. The van der Waals surface area contributed by atoms with E-state index in [4.69, 9.17) is 21.1 Å². The zero-order valence-electron chi connectivity index (χ0n) is 18.1. The molecule has 3 aromatic rings. The van der Waals surface area contributed by atoms with E-state index in [-0.39, 0.29) is 17.6 Å². The van der Waals surface area contributed by atoms with Gasteiger partial charge in [0.25, 0.3) is 5.56 Å². The summed E-state index contributed by atoms with van der Waals surface area (Å²) in [6, 6.07) is 8.95. The van der Waals surface area contributed by atoms with Crippen molar-refractivity contribution in [2.45, 2.75) is 46.1 Å². The van der Waals surface area contributed by atoms with Gasteiger partial charge >= 0.3 is 0 Å². The van der Waals surface area contributed by atoms with E-state index in [0.29, 0.717) is 38.8 Å². The zero-order chi connectivity index (χ0) is 22.7. The lowest BCUT2D eigenvalue weighted by molar-refractivity contribution is 0.208. The van der Waals surface area contributed by atoms with Gasteiger partial charge < -0.3 is 9.47 Å². The Bertz CT molecular complexity index is 1190. The number of nitrogens with zero attached hydrogens (tertiary/aromatic N) is 3. The molecule has 31 heavy (non-hydrogen) atoms. The molecule has 164 valence electrons. The van der Waals surface area contributed by atoms with Crippen molar-refractivity contribution < 1.29 is 9.47 Å². The maximum atomic E-state index is 13.1. The molecule has 0 amide bonds. The van der Waals surface area contributed by atoms with E-state index in [0.717, 1.165) is 10.9 Å². The van der Waals surface area contributed by atoms with Gasteiger partial charge in [-0.1, -0.05) is 48.3 Å². The molecule has 6 nitrogen and oxygen atoms in total. The van der Waals surface area contributed by atoms with Crippen LogP contribution in [0.2, 0.25) is 5.02 Å². The minimum Gasteiger partial charge on any atom is -0.493 e. The molecule has 0 aliphatic carbocycles. The molecule has 0 saturated heterocycles. The van der Waals surface area contributed by atoms with Gasteiger partial charge in [-0.05, 0) is 49.2 Å². The van der Waals surface area contributed by atoms with Gasteiger partial charge in [0.05, 0.1) is 35.4 Å². The normalized spacial score (nSPS) is 12.6. The number of ether oxygens (including phenoxy) is 2. The molecule has 1 aromatic heterocycles. The number of rotatable bonds is 7. The highest BCUT2D eigenvalue weighted by Gasteiger charge is 2.16. The molecule has 0 radical (unpaired) electrons. The van der Waals surface area contributed by atoms with Crippen molar-refractivity contribution in [1.29, 1.82) is 0 Å². The number of benzene rings is 2. The summed E-state index contributed by atoms with van der Waals surface area (Å²) in [6.07, 6.45) is 2.41. The monoisotopic (exact) mass is 505 g/mol. The van der Waals surface area contributed by atoms with Crippen LogP contribution in [-0.2, 0) is 0 Å². The minimum atomic E-state index is -0.235. The Morgan fingerprint density at radius 3 is 2.65 bits per heavy atom. The van der Waals surface area contributed by atoms with Gasteiger partial charge in [-0.2, -0.15) is 9.78 Å². The molecule has 0 aliphatic rings. The number of methoxy groups -OCH3 is 1. The summed E-state index contributed by atoms with van der Waals surface area (Å²) >= 11 is 9.86. The summed E-state index contributed by atoms with van der Waals surface area (Å²) < 4.78 is 13.5. The number of aromatic nitrogens is 2. The fourth-order valence-electron chi connectivity index (χ4n) is 2.99. The first kappa shape index (κ1) is 23.3. The Labute approximate surface area is 195 Å². The molecular formula is C23H25BrClN3O3. The Morgan fingerprint density at radius 1 is 1.26 bits per heavy atom. The van der Waals surface area contributed by atoms with Crippen LogP contribution in [0, 0.1) is 0 Å². The highest BCUT2D eigenvalue weighted by molar-refractivity contribution is 9.10. The largest absolute Gasteiger partial charge is 0.493 e. The average Bonchev–Trinajstić information content (AvgIpc) is 2.74. The van der Waals surface area contributed by atoms with Gasteiger partial charge in [0.2, 0.25) is 0 Å². The van der Waals surface area contributed by atoms with Gasteiger partial charge in [0, 0.05) is 10.4 Å². The predicted molar refractivity (Wildman–Crippen MR) is 129 cm³/mol. The highest BCUT2D eigenvalue weighted by atomic mass is 79.9. The Morgan fingerprint density at radius 2 is 2.00 bits per heavy atom. The lowest BCUT2D eigenvalue weighted by Crippen LogP contribution is -2.23. The number of fused-ring (bicyclic) bond motifs is 1. The third-order valence-electron chi connectivity index (χ3n) is 4.82. The molecule has 0 spiro atoms. The van der Waals surface area contributed by atoms with Crippen molar-refractivity contribution >= 4 is 44.6 Å². The van der Waals surface area contributed by atoms with E-state index in [1.54, 1.807) is 31.5 Å². The van der Waals surface area contributed by atoms with Gasteiger partial charge in [-0.3, -0.25) is 4.79 Å². The summed E-state index contributed by atoms with van der Waals surface area (Å²) in [5.41, 5.74) is 1.08. The quantitative estimate of drug-likeness (QED) is 0.368. The van der Waals surface area contributed by atoms with E-state index >= 15 is 0 Å². The van der Waals surface area contributed by atoms with Crippen LogP contribution in [-0.4, -0.2) is 29.1 Å². The summed E-state index contributed by atoms with van der Waals surface area (Å²) in [7, 11) is 1.56. The molecule has 3 rings (SSSR count). The van der Waals surface area contributed by atoms with E-state index in [1.165, 1.54) is 4.68 Å². The van der Waals surface area contributed by atoms with E-state index in [1.807, 2.05) is 39.8 Å². The third kappa shape index (κ3) is 5.10. The minimum absolute atomic E-state index is 0.00101. The van der Waals surface area contributed by atoms with Crippen molar-refractivity contribution in [1.82, 2.24) is 9.66 Å². The molecule has 0 aliphatic heterocycles. The average molecular weight is 507 g/mol. The molecule has 0 unspecified atom stereocenters. The molecule has 0 N–H and O–H groups in total. The fraction of sp³-hybridized carbons (Fsp3) is 0.348. The predicted octanol–water partition coefficient (Wildman–Crippen LogP) is 6.00. The Balaban J connectivity index is 2.09. The van der Waals surface area contributed by atoms with Crippen LogP contribution in [0.4, 0.5) is 0 Å². The fourth-order valence-corrected chi connectivity index (χ4v) is 3.61. The molecule has 0 saturated carbocycles. The second kappa shape index (κ2) is 9.83. The van der Waals surface area contributed by atoms with Crippen LogP contribution in [0.5, 0.6) is 11.5 Å². The molecule has 2 aromatic carbocycles. The van der Waals surface area contributed by atoms with Crippen molar-refractivity contribution in [2.75, 3.05) is 7.11 Å². The SMILES string of the molecule is CC[C@H](C)Oc1c(Cl)cc(C=Nn2c(C(C)C)nc3ccc(Br)cc3c2=O)cc1OC. The zero-order valence-corrected chi connectivity index (χ0v) is 20.5. The lowest BCUT2D eigenvalue weighted by atomic mass is 10.2. The number of halogens is 2. The second-order valence-corrected chi connectivity index (χ2v) is 8.84. The summed E-state index contributed by atoms with van der Waals surface area (Å²) in [5.74, 6) is 1.58. The maximum absolute atomic E-state index is 13.1. The number of hydrogen-bond donors (Lipinski definition) is 0. The first-order valence-electron chi connectivity index (χ1n) is 10.1. The van der Waals surface area contributed by atoms with Crippen molar-refractivity contribution in [3.05, 3.63) is 61.6 Å². The van der Waals surface area contributed by atoms with E-state index < -0.39 is 0 Å². The topological polar surface area (TPSA) is 65.7 Å². The molecule has 0 bridgehead atoms. The van der Waals surface area contributed by atoms with Crippen molar-refractivity contribution in [2.24, 2.45) is 5.10 Å². The summed E-state index contributed by atoms with van der Waals surface area (Å²) in [5, 5.41) is 5.35. The number of hydrogen-bond acceptors (Lipinski definition) is 5. The van der Waals surface area contributed by atoms with Crippen LogP contribution >= 0.6 is 27.5 Å².